The van der Waals surface area contributed by atoms with E-state index in [4.69, 9.17) is 4.42 Å². The van der Waals surface area contributed by atoms with E-state index in [0.717, 1.165) is 15.6 Å². The standard InChI is InChI=1S/C17H11BrO2/c18-14-8-6-13(7-9-14)17-11-15(19)10-16(20-17)12-4-2-1-3-5-12/h1-11H. The number of hydrogen-bond donors (Lipinski definition) is 0. The van der Waals surface area contributed by atoms with E-state index in [-0.39, 0.29) is 5.43 Å². The van der Waals surface area contributed by atoms with E-state index in [0.29, 0.717) is 11.5 Å². The first-order valence-electron chi connectivity index (χ1n) is 6.19. The van der Waals surface area contributed by atoms with Crippen LogP contribution in [0.5, 0.6) is 0 Å². The summed E-state index contributed by atoms with van der Waals surface area (Å²) in [6, 6.07) is 20.3. The van der Waals surface area contributed by atoms with Gasteiger partial charge in [0, 0.05) is 27.7 Å². The van der Waals surface area contributed by atoms with E-state index in [1.54, 1.807) is 0 Å². The Morgan fingerprint density at radius 2 is 1.30 bits per heavy atom. The molecule has 3 rings (SSSR count). The van der Waals surface area contributed by atoms with Crippen LogP contribution >= 0.6 is 15.9 Å². The van der Waals surface area contributed by atoms with Gasteiger partial charge in [-0.05, 0) is 12.1 Å². The Kier molecular flexibility index (Phi) is 3.52. The highest BCUT2D eigenvalue weighted by Crippen LogP contribution is 2.25. The molecule has 0 radical (unpaired) electrons. The highest BCUT2D eigenvalue weighted by atomic mass is 79.9. The van der Waals surface area contributed by atoms with Crippen molar-refractivity contribution >= 4 is 15.9 Å². The molecule has 0 N–H and O–H groups in total. The summed E-state index contributed by atoms with van der Waals surface area (Å²) in [5.41, 5.74) is 1.71. The third-order valence-corrected chi connectivity index (χ3v) is 3.48. The van der Waals surface area contributed by atoms with Gasteiger partial charge in [0.05, 0.1) is 0 Å². The van der Waals surface area contributed by atoms with Crippen LogP contribution in [0.1, 0.15) is 0 Å². The largest absolute Gasteiger partial charge is 0.456 e. The second-order valence-electron chi connectivity index (χ2n) is 4.39. The van der Waals surface area contributed by atoms with Crippen molar-refractivity contribution in [3.63, 3.8) is 0 Å². The number of hydrogen-bond acceptors (Lipinski definition) is 2. The molecule has 0 atom stereocenters. The second kappa shape index (κ2) is 5.47. The monoisotopic (exact) mass is 326 g/mol. The molecule has 98 valence electrons. The fraction of sp³-hybridized carbons (Fsp3) is 0. The first kappa shape index (κ1) is 12.9. The predicted molar refractivity (Wildman–Crippen MR) is 83.6 cm³/mol. The quantitative estimate of drug-likeness (QED) is 0.681. The van der Waals surface area contributed by atoms with Gasteiger partial charge in [0.2, 0.25) is 0 Å². The van der Waals surface area contributed by atoms with Gasteiger partial charge in [0.1, 0.15) is 11.5 Å². The van der Waals surface area contributed by atoms with Gasteiger partial charge in [0.15, 0.2) is 5.43 Å². The Labute approximate surface area is 124 Å². The van der Waals surface area contributed by atoms with Crippen molar-refractivity contribution in [2.75, 3.05) is 0 Å². The Morgan fingerprint density at radius 3 is 1.90 bits per heavy atom. The van der Waals surface area contributed by atoms with Crippen molar-refractivity contribution in [3.05, 3.63) is 81.4 Å². The van der Waals surface area contributed by atoms with Crippen LogP contribution in [0.25, 0.3) is 22.6 Å². The smallest absolute Gasteiger partial charge is 0.186 e. The summed E-state index contributed by atoms with van der Waals surface area (Å²) in [6.45, 7) is 0. The fourth-order valence-electron chi connectivity index (χ4n) is 1.98. The molecule has 0 amide bonds. The molecule has 2 aromatic carbocycles. The lowest BCUT2D eigenvalue weighted by Gasteiger charge is -2.05. The first-order chi connectivity index (χ1) is 9.72. The lowest BCUT2D eigenvalue weighted by Crippen LogP contribution is -1.98. The van der Waals surface area contributed by atoms with Gasteiger partial charge in [-0.25, -0.2) is 0 Å². The summed E-state index contributed by atoms with van der Waals surface area (Å²) in [5.74, 6) is 1.15. The SMILES string of the molecule is O=c1cc(-c2ccccc2)oc(-c2ccc(Br)cc2)c1. The Balaban J connectivity index is 2.12. The summed E-state index contributed by atoms with van der Waals surface area (Å²) in [7, 11) is 0. The molecule has 3 heteroatoms. The van der Waals surface area contributed by atoms with Crippen LogP contribution in [-0.4, -0.2) is 0 Å². The van der Waals surface area contributed by atoms with E-state index in [9.17, 15) is 4.79 Å². The minimum atomic E-state index is -0.0620. The first-order valence-corrected chi connectivity index (χ1v) is 6.98. The Morgan fingerprint density at radius 1 is 0.750 bits per heavy atom. The average Bonchev–Trinajstić information content (AvgIpc) is 2.48. The summed E-state index contributed by atoms with van der Waals surface area (Å²) in [5, 5.41) is 0. The zero-order valence-electron chi connectivity index (χ0n) is 10.5. The molecular weight excluding hydrogens is 316 g/mol. The molecule has 1 heterocycles. The van der Waals surface area contributed by atoms with Crippen molar-refractivity contribution in [3.8, 4) is 22.6 Å². The van der Waals surface area contributed by atoms with Crippen LogP contribution in [0, 0.1) is 0 Å². The van der Waals surface area contributed by atoms with Crippen molar-refractivity contribution in [2.45, 2.75) is 0 Å². The number of rotatable bonds is 2. The Bertz CT molecular complexity index is 774. The minimum Gasteiger partial charge on any atom is -0.456 e. The molecule has 3 aromatic rings. The zero-order valence-corrected chi connectivity index (χ0v) is 12.1. The summed E-state index contributed by atoms with van der Waals surface area (Å²) < 4.78 is 6.84. The predicted octanol–water partition coefficient (Wildman–Crippen LogP) is 4.74. The molecule has 0 aliphatic carbocycles. The topological polar surface area (TPSA) is 30.2 Å². The lowest BCUT2D eigenvalue weighted by molar-refractivity contribution is 0.580. The lowest BCUT2D eigenvalue weighted by atomic mass is 10.1. The molecule has 0 unspecified atom stereocenters. The van der Waals surface area contributed by atoms with E-state index in [1.807, 2.05) is 54.6 Å². The van der Waals surface area contributed by atoms with Gasteiger partial charge in [-0.15, -0.1) is 0 Å². The van der Waals surface area contributed by atoms with Gasteiger partial charge in [-0.2, -0.15) is 0 Å². The third-order valence-electron chi connectivity index (χ3n) is 2.95. The average molecular weight is 327 g/mol. The highest BCUT2D eigenvalue weighted by molar-refractivity contribution is 9.10. The van der Waals surface area contributed by atoms with Gasteiger partial charge < -0.3 is 4.42 Å². The van der Waals surface area contributed by atoms with E-state index in [2.05, 4.69) is 15.9 Å². The van der Waals surface area contributed by atoms with Crippen LogP contribution in [-0.2, 0) is 0 Å². The zero-order chi connectivity index (χ0) is 13.9. The summed E-state index contributed by atoms with van der Waals surface area (Å²) >= 11 is 3.39. The molecule has 20 heavy (non-hydrogen) atoms. The van der Waals surface area contributed by atoms with Crippen LogP contribution < -0.4 is 5.43 Å². The van der Waals surface area contributed by atoms with Crippen LogP contribution in [0.3, 0.4) is 0 Å². The molecule has 1 aromatic heterocycles. The molecular formula is C17H11BrO2. The summed E-state index contributed by atoms with van der Waals surface area (Å²) in [6.07, 6.45) is 0. The molecule has 0 saturated heterocycles. The minimum absolute atomic E-state index is 0.0620. The van der Waals surface area contributed by atoms with E-state index < -0.39 is 0 Å². The molecule has 0 fully saturated rings. The van der Waals surface area contributed by atoms with Crippen molar-refractivity contribution in [2.24, 2.45) is 0 Å². The fourth-order valence-corrected chi connectivity index (χ4v) is 2.24. The van der Waals surface area contributed by atoms with Crippen LogP contribution in [0.15, 0.2) is 80.4 Å². The molecule has 0 aliphatic heterocycles. The Hall–Kier alpha value is -2.13. The highest BCUT2D eigenvalue weighted by Gasteiger charge is 2.06. The molecule has 0 bridgehead atoms. The normalized spacial score (nSPS) is 10.4. The van der Waals surface area contributed by atoms with Gasteiger partial charge in [-0.1, -0.05) is 58.4 Å². The summed E-state index contributed by atoms with van der Waals surface area (Å²) in [4.78, 5) is 11.9. The maximum atomic E-state index is 11.9. The molecule has 0 aliphatic rings. The molecule has 2 nitrogen and oxygen atoms in total. The maximum Gasteiger partial charge on any atom is 0.186 e. The van der Waals surface area contributed by atoms with Gasteiger partial charge in [0.25, 0.3) is 0 Å². The van der Waals surface area contributed by atoms with E-state index >= 15 is 0 Å². The van der Waals surface area contributed by atoms with Crippen molar-refractivity contribution < 1.29 is 4.42 Å². The second-order valence-corrected chi connectivity index (χ2v) is 5.31. The molecule has 0 saturated carbocycles. The van der Waals surface area contributed by atoms with Crippen LogP contribution in [0.4, 0.5) is 0 Å². The van der Waals surface area contributed by atoms with Gasteiger partial charge >= 0.3 is 0 Å². The third kappa shape index (κ3) is 2.73. The van der Waals surface area contributed by atoms with Gasteiger partial charge in [-0.3, -0.25) is 4.79 Å². The van der Waals surface area contributed by atoms with Crippen molar-refractivity contribution in [1.82, 2.24) is 0 Å². The van der Waals surface area contributed by atoms with E-state index in [1.165, 1.54) is 12.1 Å². The molecule has 0 spiro atoms. The number of benzene rings is 2. The number of halogens is 1. The van der Waals surface area contributed by atoms with Crippen LogP contribution in [0.2, 0.25) is 0 Å². The van der Waals surface area contributed by atoms with Crippen molar-refractivity contribution in [1.29, 1.82) is 0 Å². The maximum absolute atomic E-state index is 11.9.